The highest BCUT2D eigenvalue weighted by Gasteiger charge is 2.33. The predicted molar refractivity (Wildman–Crippen MR) is 111 cm³/mol. The number of hydrogen-bond acceptors (Lipinski definition) is 6. The Bertz CT molecular complexity index is 1270. The van der Waals surface area contributed by atoms with E-state index in [4.69, 9.17) is 20.8 Å². The van der Waals surface area contributed by atoms with E-state index < -0.39 is 12.0 Å². The van der Waals surface area contributed by atoms with Gasteiger partial charge in [-0.3, -0.25) is 9.36 Å². The molecular formula is C21H17ClN2O4S. The maximum absolute atomic E-state index is 13.3. The average molecular weight is 429 g/mol. The van der Waals surface area contributed by atoms with E-state index in [1.807, 2.05) is 0 Å². The van der Waals surface area contributed by atoms with Gasteiger partial charge in [-0.1, -0.05) is 35.1 Å². The number of allylic oxidation sites excluding steroid dienone is 1. The van der Waals surface area contributed by atoms with Gasteiger partial charge < -0.3 is 9.15 Å². The number of nitrogens with zero attached hydrogens (tertiary/aromatic N) is 2. The zero-order chi connectivity index (χ0) is 20.5. The van der Waals surface area contributed by atoms with Gasteiger partial charge in [-0.25, -0.2) is 9.79 Å². The normalized spacial score (nSPS) is 16.5. The summed E-state index contributed by atoms with van der Waals surface area (Å²) in [5.41, 5.74) is 2.17. The molecule has 3 aromatic rings. The SMILES string of the molecule is CCOC(=O)C1=C(C)N=c2s/c(=C\c3ccoc3)c(=O)n2C1c1ccc(Cl)cc1. The molecule has 0 bridgehead atoms. The van der Waals surface area contributed by atoms with E-state index in [0.29, 0.717) is 25.6 Å². The molecule has 1 aliphatic rings. The Kier molecular flexibility index (Phi) is 5.25. The second-order valence-corrected chi connectivity index (χ2v) is 7.86. The average Bonchev–Trinajstić information content (AvgIpc) is 3.30. The van der Waals surface area contributed by atoms with Crippen molar-refractivity contribution in [2.45, 2.75) is 19.9 Å². The lowest BCUT2D eigenvalue weighted by Crippen LogP contribution is -2.39. The number of aromatic nitrogens is 1. The van der Waals surface area contributed by atoms with Crippen LogP contribution in [0, 0.1) is 0 Å². The van der Waals surface area contributed by atoms with Crippen molar-refractivity contribution in [3.63, 3.8) is 0 Å². The van der Waals surface area contributed by atoms with Crippen LogP contribution < -0.4 is 14.9 Å². The fourth-order valence-corrected chi connectivity index (χ4v) is 4.43. The Morgan fingerprint density at radius 1 is 1.34 bits per heavy atom. The topological polar surface area (TPSA) is 73.8 Å². The van der Waals surface area contributed by atoms with E-state index in [1.54, 1.807) is 67.3 Å². The molecule has 1 atom stereocenters. The molecule has 1 aliphatic heterocycles. The zero-order valence-electron chi connectivity index (χ0n) is 15.7. The van der Waals surface area contributed by atoms with Gasteiger partial charge in [0.15, 0.2) is 4.80 Å². The third-order valence-corrected chi connectivity index (χ3v) is 5.78. The molecule has 1 unspecified atom stereocenters. The van der Waals surface area contributed by atoms with Crippen LogP contribution in [0.15, 0.2) is 68.3 Å². The molecule has 0 amide bonds. The number of carbonyl (C=O) groups excluding carboxylic acids is 1. The van der Waals surface area contributed by atoms with Gasteiger partial charge in [-0.15, -0.1) is 0 Å². The third-order valence-electron chi connectivity index (χ3n) is 4.54. The van der Waals surface area contributed by atoms with Crippen LogP contribution >= 0.6 is 22.9 Å². The van der Waals surface area contributed by atoms with Crippen molar-refractivity contribution < 1.29 is 13.9 Å². The van der Waals surface area contributed by atoms with Gasteiger partial charge in [0.2, 0.25) is 0 Å². The minimum Gasteiger partial charge on any atom is -0.472 e. The summed E-state index contributed by atoms with van der Waals surface area (Å²) in [6.45, 7) is 3.72. The van der Waals surface area contributed by atoms with E-state index in [0.717, 1.165) is 11.1 Å². The number of halogens is 1. The van der Waals surface area contributed by atoms with Crippen molar-refractivity contribution in [3.05, 3.63) is 90.0 Å². The number of esters is 1. The van der Waals surface area contributed by atoms with Crippen molar-refractivity contribution in [2.75, 3.05) is 6.61 Å². The number of benzene rings is 1. The van der Waals surface area contributed by atoms with E-state index in [1.165, 1.54) is 11.3 Å². The van der Waals surface area contributed by atoms with Crippen LogP contribution in [0.25, 0.3) is 6.08 Å². The molecule has 0 radical (unpaired) electrons. The van der Waals surface area contributed by atoms with Crippen molar-refractivity contribution in [3.8, 4) is 0 Å². The third kappa shape index (κ3) is 3.59. The number of thiazole rings is 1. The molecule has 0 fully saturated rings. The van der Waals surface area contributed by atoms with Crippen LogP contribution in [0.2, 0.25) is 5.02 Å². The summed E-state index contributed by atoms with van der Waals surface area (Å²) < 4.78 is 12.4. The molecule has 2 aromatic heterocycles. The smallest absolute Gasteiger partial charge is 0.338 e. The Hall–Kier alpha value is -2.90. The van der Waals surface area contributed by atoms with Crippen LogP contribution in [0.1, 0.15) is 31.0 Å². The minimum absolute atomic E-state index is 0.230. The Labute approximate surface area is 175 Å². The van der Waals surface area contributed by atoms with Gasteiger partial charge in [0.25, 0.3) is 5.56 Å². The maximum Gasteiger partial charge on any atom is 0.338 e. The van der Waals surface area contributed by atoms with Crippen molar-refractivity contribution >= 4 is 35.0 Å². The molecule has 8 heteroatoms. The molecular weight excluding hydrogens is 412 g/mol. The summed E-state index contributed by atoms with van der Waals surface area (Å²) in [5.74, 6) is -0.488. The van der Waals surface area contributed by atoms with Crippen LogP contribution in [0.4, 0.5) is 0 Å². The van der Waals surface area contributed by atoms with E-state index in [-0.39, 0.29) is 12.2 Å². The summed E-state index contributed by atoms with van der Waals surface area (Å²) >= 11 is 7.31. The van der Waals surface area contributed by atoms with Crippen molar-refractivity contribution in [1.29, 1.82) is 0 Å². The Morgan fingerprint density at radius 3 is 2.76 bits per heavy atom. The molecule has 0 spiro atoms. The highest BCUT2D eigenvalue weighted by Crippen LogP contribution is 2.31. The predicted octanol–water partition coefficient (Wildman–Crippen LogP) is 3.04. The van der Waals surface area contributed by atoms with Crippen LogP contribution in [0.3, 0.4) is 0 Å². The Balaban J connectivity index is 1.97. The molecule has 4 rings (SSSR count). The highest BCUT2D eigenvalue weighted by molar-refractivity contribution is 7.07. The highest BCUT2D eigenvalue weighted by atomic mass is 35.5. The largest absolute Gasteiger partial charge is 0.472 e. The Morgan fingerprint density at radius 2 is 2.10 bits per heavy atom. The molecule has 3 heterocycles. The van der Waals surface area contributed by atoms with Gasteiger partial charge in [-0.2, -0.15) is 0 Å². The van der Waals surface area contributed by atoms with Gasteiger partial charge in [0.1, 0.15) is 0 Å². The lowest BCUT2D eigenvalue weighted by atomic mass is 9.96. The molecule has 0 aliphatic carbocycles. The van der Waals surface area contributed by atoms with Gasteiger partial charge in [-0.05, 0) is 43.7 Å². The lowest BCUT2D eigenvalue weighted by Gasteiger charge is -2.24. The zero-order valence-corrected chi connectivity index (χ0v) is 17.3. The summed E-state index contributed by atoms with van der Waals surface area (Å²) in [6.07, 6.45) is 4.85. The number of fused-ring (bicyclic) bond motifs is 1. The number of ether oxygens (including phenoxy) is 1. The lowest BCUT2D eigenvalue weighted by molar-refractivity contribution is -0.139. The monoisotopic (exact) mass is 428 g/mol. The molecule has 1 aromatic carbocycles. The molecule has 0 saturated carbocycles. The molecule has 29 heavy (non-hydrogen) atoms. The summed E-state index contributed by atoms with van der Waals surface area (Å²) in [6, 6.07) is 8.20. The second kappa shape index (κ2) is 7.85. The van der Waals surface area contributed by atoms with Crippen LogP contribution in [0.5, 0.6) is 0 Å². The van der Waals surface area contributed by atoms with Crippen molar-refractivity contribution in [1.82, 2.24) is 4.57 Å². The van der Waals surface area contributed by atoms with Crippen LogP contribution in [-0.4, -0.2) is 17.1 Å². The molecule has 0 N–H and O–H groups in total. The number of carbonyl (C=O) groups is 1. The van der Waals surface area contributed by atoms with Gasteiger partial charge in [0, 0.05) is 10.6 Å². The van der Waals surface area contributed by atoms with Crippen LogP contribution in [-0.2, 0) is 9.53 Å². The minimum atomic E-state index is -0.644. The quantitative estimate of drug-likeness (QED) is 0.599. The number of rotatable bonds is 4. The standard InChI is InChI=1S/C21H17ClN2O4S/c1-3-28-20(26)17-12(2)23-21-24(18(17)14-4-6-15(22)7-5-14)19(25)16(29-21)10-13-8-9-27-11-13/h4-11,18H,3H2,1-2H3/b16-10-. The first-order chi connectivity index (χ1) is 14.0. The molecule has 148 valence electrons. The maximum atomic E-state index is 13.3. The molecule has 6 nitrogen and oxygen atoms in total. The second-order valence-electron chi connectivity index (χ2n) is 6.41. The fourth-order valence-electron chi connectivity index (χ4n) is 3.26. The first-order valence-electron chi connectivity index (χ1n) is 8.97. The van der Waals surface area contributed by atoms with Gasteiger partial charge >= 0.3 is 5.97 Å². The van der Waals surface area contributed by atoms with Crippen molar-refractivity contribution in [2.24, 2.45) is 4.99 Å². The number of furan rings is 1. The summed E-state index contributed by atoms with van der Waals surface area (Å²) in [7, 11) is 0. The number of hydrogen-bond donors (Lipinski definition) is 0. The first-order valence-corrected chi connectivity index (χ1v) is 10.2. The first kappa shape index (κ1) is 19.4. The fraction of sp³-hybridized carbons (Fsp3) is 0.190. The summed E-state index contributed by atoms with van der Waals surface area (Å²) in [5, 5.41) is 0.569. The van der Waals surface area contributed by atoms with E-state index in [9.17, 15) is 9.59 Å². The van der Waals surface area contributed by atoms with Gasteiger partial charge in [0.05, 0.1) is 41.0 Å². The van der Waals surface area contributed by atoms with E-state index >= 15 is 0 Å². The summed E-state index contributed by atoms with van der Waals surface area (Å²) in [4.78, 5) is 31.1. The van der Waals surface area contributed by atoms with E-state index in [2.05, 4.69) is 4.99 Å². The molecule has 0 saturated heterocycles.